The molecule has 1 fully saturated rings. The highest BCUT2D eigenvalue weighted by Crippen LogP contribution is 2.27. The summed E-state index contributed by atoms with van der Waals surface area (Å²) in [6.07, 6.45) is 8.07. The fraction of sp³-hybridized carbons (Fsp3) is 0.923. The van der Waals surface area contributed by atoms with Gasteiger partial charge in [-0.1, -0.05) is 32.6 Å². The number of nitrogens with two attached hydrogens (primary N) is 1. The van der Waals surface area contributed by atoms with E-state index < -0.39 is 0 Å². The van der Waals surface area contributed by atoms with Crippen LogP contribution in [0.15, 0.2) is 0 Å². The molecule has 0 aromatic heterocycles. The van der Waals surface area contributed by atoms with Crippen molar-refractivity contribution in [2.24, 2.45) is 11.7 Å². The van der Waals surface area contributed by atoms with Crippen LogP contribution in [-0.2, 0) is 4.79 Å². The number of carbonyl (C=O) groups excluding carboxylic acids is 1. The van der Waals surface area contributed by atoms with Crippen molar-refractivity contribution in [2.75, 3.05) is 0 Å². The summed E-state index contributed by atoms with van der Waals surface area (Å²) >= 11 is 0. The Morgan fingerprint density at radius 2 is 2.06 bits per heavy atom. The number of rotatable bonds is 6. The summed E-state index contributed by atoms with van der Waals surface area (Å²) in [6, 6.07) is -0.0218. The second-order valence-electron chi connectivity index (χ2n) is 5.09. The molecule has 16 heavy (non-hydrogen) atoms. The van der Waals surface area contributed by atoms with E-state index >= 15 is 0 Å². The van der Waals surface area contributed by atoms with E-state index in [4.69, 9.17) is 5.73 Å². The van der Waals surface area contributed by atoms with Gasteiger partial charge in [-0.3, -0.25) is 4.79 Å². The lowest BCUT2D eigenvalue weighted by molar-refractivity contribution is -0.123. The standard InChI is InChI=1S/C13H26N2O/c1-3-4-9-12(14)13(16)15-10(2)11-7-5-6-8-11/h10-12H,3-9,14H2,1-2H3,(H,15,16)/t10?,12-/m0/s1. The predicted octanol–water partition coefficient (Wildman–Crippen LogP) is 2.20. The molecule has 2 atom stereocenters. The maximum absolute atomic E-state index is 11.8. The Kier molecular flexibility index (Phi) is 5.81. The zero-order chi connectivity index (χ0) is 12.0. The molecule has 0 aliphatic heterocycles. The molecule has 3 heteroatoms. The van der Waals surface area contributed by atoms with Crippen LogP contribution in [0.1, 0.15) is 58.8 Å². The number of hydrogen-bond acceptors (Lipinski definition) is 2. The first-order valence-electron chi connectivity index (χ1n) is 6.71. The van der Waals surface area contributed by atoms with Crippen molar-refractivity contribution in [1.29, 1.82) is 0 Å². The van der Waals surface area contributed by atoms with Gasteiger partial charge in [-0.2, -0.15) is 0 Å². The Bertz CT molecular complexity index is 212. The topological polar surface area (TPSA) is 55.1 Å². The van der Waals surface area contributed by atoms with Crippen molar-refractivity contribution in [3.8, 4) is 0 Å². The van der Waals surface area contributed by atoms with Crippen LogP contribution in [-0.4, -0.2) is 18.0 Å². The van der Waals surface area contributed by atoms with Crippen molar-refractivity contribution in [2.45, 2.75) is 70.9 Å². The van der Waals surface area contributed by atoms with Crippen LogP contribution in [0.25, 0.3) is 0 Å². The molecule has 94 valence electrons. The quantitative estimate of drug-likeness (QED) is 0.729. The number of unbranched alkanes of at least 4 members (excludes halogenated alkanes) is 1. The molecule has 1 rings (SSSR count). The summed E-state index contributed by atoms with van der Waals surface area (Å²) in [4.78, 5) is 11.8. The summed E-state index contributed by atoms with van der Waals surface area (Å²) in [7, 11) is 0. The lowest BCUT2D eigenvalue weighted by Crippen LogP contribution is -2.46. The van der Waals surface area contributed by atoms with Crippen molar-refractivity contribution in [3.05, 3.63) is 0 Å². The van der Waals surface area contributed by atoms with E-state index in [9.17, 15) is 4.79 Å². The van der Waals surface area contributed by atoms with Crippen LogP contribution in [0.3, 0.4) is 0 Å². The van der Waals surface area contributed by atoms with Gasteiger partial charge in [0.1, 0.15) is 0 Å². The summed E-state index contributed by atoms with van der Waals surface area (Å²) < 4.78 is 0. The average Bonchev–Trinajstić information content (AvgIpc) is 2.79. The van der Waals surface area contributed by atoms with Crippen molar-refractivity contribution in [3.63, 3.8) is 0 Å². The monoisotopic (exact) mass is 226 g/mol. The third-order valence-electron chi connectivity index (χ3n) is 3.68. The van der Waals surface area contributed by atoms with E-state index in [0.717, 1.165) is 19.3 Å². The average molecular weight is 226 g/mol. The Morgan fingerprint density at radius 1 is 1.44 bits per heavy atom. The molecule has 1 saturated carbocycles. The molecule has 3 nitrogen and oxygen atoms in total. The number of hydrogen-bond donors (Lipinski definition) is 2. The van der Waals surface area contributed by atoms with E-state index in [1.807, 2.05) is 0 Å². The van der Waals surface area contributed by atoms with Gasteiger partial charge >= 0.3 is 0 Å². The lowest BCUT2D eigenvalue weighted by Gasteiger charge is -2.22. The second kappa shape index (κ2) is 6.89. The zero-order valence-corrected chi connectivity index (χ0v) is 10.7. The van der Waals surface area contributed by atoms with Gasteiger partial charge in [-0.05, 0) is 32.1 Å². The van der Waals surface area contributed by atoms with Gasteiger partial charge in [0.25, 0.3) is 0 Å². The van der Waals surface area contributed by atoms with Gasteiger partial charge in [-0.15, -0.1) is 0 Å². The SMILES string of the molecule is CCCC[C@H](N)C(=O)NC(C)C1CCCC1. The van der Waals surface area contributed by atoms with Gasteiger partial charge in [0.2, 0.25) is 5.91 Å². The van der Waals surface area contributed by atoms with Crippen molar-refractivity contribution < 1.29 is 4.79 Å². The van der Waals surface area contributed by atoms with Crippen LogP contribution < -0.4 is 11.1 Å². The maximum Gasteiger partial charge on any atom is 0.237 e. The van der Waals surface area contributed by atoms with Crippen molar-refractivity contribution >= 4 is 5.91 Å². The van der Waals surface area contributed by atoms with Gasteiger partial charge in [0, 0.05) is 6.04 Å². The largest absolute Gasteiger partial charge is 0.352 e. The van der Waals surface area contributed by atoms with Gasteiger partial charge < -0.3 is 11.1 Å². The zero-order valence-electron chi connectivity index (χ0n) is 10.7. The molecular formula is C13H26N2O. The lowest BCUT2D eigenvalue weighted by atomic mass is 9.99. The Morgan fingerprint density at radius 3 is 2.62 bits per heavy atom. The molecule has 1 aliphatic carbocycles. The highest BCUT2D eigenvalue weighted by Gasteiger charge is 2.24. The minimum atomic E-state index is -0.316. The molecule has 3 N–H and O–H groups in total. The smallest absolute Gasteiger partial charge is 0.237 e. The Labute approximate surface area is 99.2 Å². The normalized spacial score (nSPS) is 20.7. The predicted molar refractivity (Wildman–Crippen MR) is 67.1 cm³/mol. The molecular weight excluding hydrogens is 200 g/mol. The minimum Gasteiger partial charge on any atom is -0.352 e. The van der Waals surface area contributed by atoms with E-state index in [1.165, 1.54) is 25.7 Å². The first-order chi connectivity index (χ1) is 7.65. The van der Waals surface area contributed by atoms with Gasteiger partial charge in [-0.25, -0.2) is 0 Å². The highest BCUT2D eigenvalue weighted by molar-refractivity contribution is 5.81. The Balaban J connectivity index is 2.26. The summed E-state index contributed by atoms with van der Waals surface area (Å²) in [5.74, 6) is 0.704. The van der Waals surface area contributed by atoms with E-state index in [2.05, 4.69) is 19.2 Å². The molecule has 1 amide bonds. The molecule has 0 heterocycles. The fourth-order valence-electron chi connectivity index (χ4n) is 2.46. The molecule has 0 saturated heterocycles. The highest BCUT2D eigenvalue weighted by atomic mass is 16.2. The molecule has 0 bridgehead atoms. The third-order valence-corrected chi connectivity index (χ3v) is 3.68. The van der Waals surface area contributed by atoms with Crippen LogP contribution in [0, 0.1) is 5.92 Å². The molecule has 1 aliphatic rings. The van der Waals surface area contributed by atoms with Crippen LogP contribution in [0.2, 0.25) is 0 Å². The van der Waals surface area contributed by atoms with Crippen molar-refractivity contribution in [1.82, 2.24) is 5.32 Å². The second-order valence-corrected chi connectivity index (χ2v) is 5.09. The summed E-state index contributed by atoms with van der Waals surface area (Å²) in [5.41, 5.74) is 5.84. The molecule has 0 aromatic rings. The summed E-state index contributed by atoms with van der Waals surface area (Å²) in [5, 5.41) is 3.07. The molecule has 0 aromatic carbocycles. The molecule has 0 spiro atoms. The van der Waals surface area contributed by atoms with E-state index in [1.54, 1.807) is 0 Å². The fourth-order valence-corrected chi connectivity index (χ4v) is 2.46. The summed E-state index contributed by atoms with van der Waals surface area (Å²) in [6.45, 7) is 4.23. The van der Waals surface area contributed by atoms with Crippen LogP contribution >= 0.6 is 0 Å². The maximum atomic E-state index is 11.8. The van der Waals surface area contributed by atoms with Gasteiger partial charge in [0.15, 0.2) is 0 Å². The number of carbonyl (C=O) groups is 1. The first-order valence-corrected chi connectivity index (χ1v) is 6.71. The number of nitrogens with one attached hydrogen (secondary N) is 1. The molecule has 0 radical (unpaired) electrons. The first kappa shape index (κ1) is 13.5. The van der Waals surface area contributed by atoms with E-state index in [-0.39, 0.29) is 11.9 Å². The molecule has 1 unspecified atom stereocenters. The van der Waals surface area contributed by atoms with Gasteiger partial charge in [0.05, 0.1) is 6.04 Å². The van der Waals surface area contributed by atoms with E-state index in [0.29, 0.717) is 12.0 Å². The Hall–Kier alpha value is -0.570. The van der Waals surface area contributed by atoms with Crippen LogP contribution in [0.5, 0.6) is 0 Å². The minimum absolute atomic E-state index is 0.0350. The van der Waals surface area contributed by atoms with Crippen LogP contribution in [0.4, 0.5) is 0 Å². The number of amides is 1. The third kappa shape index (κ3) is 4.12.